The van der Waals surface area contributed by atoms with Gasteiger partial charge in [-0.25, -0.2) is 0 Å². The maximum absolute atomic E-state index is 4.45. The van der Waals surface area contributed by atoms with Gasteiger partial charge >= 0.3 is 0 Å². The van der Waals surface area contributed by atoms with Crippen LogP contribution in [0.2, 0.25) is 0 Å². The van der Waals surface area contributed by atoms with E-state index in [1.54, 1.807) is 11.3 Å². The summed E-state index contributed by atoms with van der Waals surface area (Å²) in [4.78, 5) is 5.75. The molecule has 0 saturated heterocycles. The van der Waals surface area contributed by atoms with E-state index in [0.29, 0.717) is 0 Å². The van der Waals surface area contributed by atoms with Crippen LogP contribution >= 0.6 is 11.3 Å². The van der Waals surface area contributed by atoms with Crippen molar-refractivity contribution in [3.8, 4) is 0 Å². The fourth-order valence-electron chi connectivity index (χ4n) is 1.67. The molecule has 1 unspecified atom stereocenters. The molecule has 0 bridgehead atoms. The van der Waals surface area contributed by atoms with E-state index in [-0.39, 0.29) is 6.04 Å². The van der Waals surface area contributed by atoms with Gasteiger partial charge in [-0.3, -0.25) is 4.98 Å². The Morgan fingerprint density at radius 1 is 1.33 bits per heavy atom. The van der Waals surface area contributed by atoms with Gasteiger partial charge in [0.1, 0.15) is 0 Å². The topological polar surface area (TPSA) is 24.9 Å². The van der Waals surface area contributed by atoms with Crippen LogP contribution in [0.5, 0.6) is 0 Å². The summed E-state index contributed by atoms with van der Waals surface area (Å²) in [6.45, 7) is 2.10. The number of hydrogen-bond donors (Lipinski definition) is 1. The predicted molar refractivity (Wildman–Crippen MR) is 64.2 cm³/mol. The second-order valence-electron chi connectivity index (χ2n) is 3.44. The molecule has 2 aromatic rings. The van der Waals surface area contributed by atoms with E-state index in [4.69, 9.17) is 0 Å². The molecular weight excluding hydrogens is 204 g/mol. The number of aryl methyl sites for hydroxylation is 1. The molecule has 0 spiro atoms. The van der Waals surface area contributed by atoms with Crippen LogP contribution in [0, 0.1) is 6.92 Å². The quantitative estimate of drug-likeness (QED) is 0.857. The standard InChI is InChI=1S/C12H14N2S/c1-9-5-3-7-14-11(9)12(13-2)10-6-4-8-15-10/h3-8,12-13H,1-2H3. The van der Waals surface area contributed by atoms with E-state index in [0.717, 1.165) is 5.69 Å². The van der Waals surface area contributed by atoms with E-state index in [2.05, 4.69) is 40.8 Å². The zero-order valence-corrected chi connectivity index (χ0v) is 9.71. The summed E-state index contributed by atoms with van der Waals surface area (Å²) in [5, 5.41) is 5.40. The monoisotopic (exact) mass is 218 g/mol. The maximum atomic E-state index is 4.45. The SMILES string of the molecule is CNC(c1cccs1)c1ncccc1C. The van der Waals surface area contributed by atoms with Crippen LogP contribution in [0.1, 0.15) is 22.2 Å². The van der Waals surface area contributed by atoms with Gasteiger partial charge in [0.15, 0.2) is 0 Å². The van der Waals surface area contributed by atoms with Gasteiger partial charge < -0.3 is 5.32 Å². The number of nitrogens with zero attached hydrogens (tertiary/aromatic N) is 1. The van der Waals surface area contributed by atoms with Gasteiger partial charge in [-0.1, -0.05) is 12.1 Å². The third kappa shape index (κ3) is 2.08. The van der Waals surface area contributed by atoms with Crippen LogP contribution in [0.4, 0.5) is 0 Å². The summed E-state index contributed by atoms with van der Waals surface area (Å²) in [5.41, 5.74) is 2.34. The molecular formula is C12H14N2S. The third-order valence-corrected chi connectivity index (χ3v) is 3.38. The fraction of sp³-hybridized carbons (Fsp3) is 0.250. The zero-order valence-electron chi connectivity index (χ0n) is 8.90. The first-order chi connectivity index (χ1) is 7.33. The Labute approximate surface area is 94.0 Å². The lowest BCUT2D eigenvalue weighted by Crippen LogP contribution is -2.18. The summed E-state index contributed by atoms with van der Waals surface area (Å²) in [6, 6.07) is 8.49. The summed E-state index contributed by atoms with van der Waals surface area (Å²) in [5.74, 6) is 0. The predicted octanol–water partition coefficient (Wildman–Crippen LogP) is 2.76. The van der Waals surface area contributed by atoms with Crippen molar-refractivity contribution in [3.05, 3.63) is 52.0 Å². The Morgan fingerprint density at radius 3 is 2.80 bits per heavy atom. The molecule has 78 valence electrons. The van der Waals surface area contributed by atoms with Crippen molar-refractivity contribution in [3.63, 3.8) is 0 Å². The summed E-state index contributed by atoms with van der Waals surface area (Å²) < 4.78 is 0. The molecule has 2 heterocycles. The van der Waals surface area contributed by atoms with Crippen LogP contribution in [-0.2, 0) is 0 Å². The third-order valence-electron chi connectivity index (χ3n) is 2.44. The normalized spacial score (nSPS) is 12.7. The Bertz CT molecular complexity index is 423. The summed E-state index contributed by atoms with van der Waals surface area (Å²) in [6.07, 6.45) is 1.85. The average molecular weight is 218 g/mol. The molecule has 0 aromatic carbocycles. The Balaban J connectivity index is 2.40. The summed E-state index contributed by atoms with van der Waals surface area (Å²) >= 11 is 1.76. The van der Waals surface area contributed by atoms with E-state index in [1.165, 1.54) is 10.4 Å². The number of thiophene rings is 1. The van der Waals surface area contributed by atoms with E-state index >= 15 is 0 Å². The van der Waals surface area contributed by atoms with Crippen LogP contribution in [-0.4, -0.2) is 12.0 Å². The number of rotatable bonds is 3. The first kappa shape index (κ1) is 10.3. The first-order valence-corrected chi connectivity index (χ1v) is 5.83. The highest BCUT2D eigenvalue weighted by Gasteiger charge is 2.15. The van der Waals surface area contributed by atoms with Gasteiger partial charge in [-0.2, -0.15) is 0 Å². The molecule has 0 radical (unpaired) electrons. The molecule has 0 aliphatic rings. The van der Waals surface area contributed by atoms with Crippen molar-refractivity contribution in [1.29, 1.82) is 0 Å². The highest BCUT2D eigenvalue weighted by atomic mass is 32.1. The Kier molecular flexibility index (Phi) is 3.14. The smallest absolute Gasteiger partial charge is 0.0845 e. The molecule has 0 amide bonds. The number of hydrogen-bond acceptors (Lipinski definition) is 3. The summed E-state index contributed by atoms with van der Waals surface area (Å²) in [7, 11) is 1.97. The van der Waals surface area contributed by atoms with Crippen LogP contribution in [0.25, 0.3) is 0 Å². The second kappa shape index (κ2) is 4.55. The average Bonchev–Trinajstić information content (AvgIpc) is 2.75. The van der Waals surface area contributed by atoms with Crippen molar-refractivity contribution in [2.24, 2.45) is 0 Å². The molecule has 0 fully saturated rings. The minimum atomic E-state index is 0.214. The van der Waals surface area contributed by atoms with Crippen molar-refractivity contribution in [2.45, 2.75) is 13.0 Å². The van der Waals surface area contributed by atoms with Crippen molar-refractivity contribution in [1.82, 2.24) is 10.3 Å². The van der Waals surface area contributed by atoms with Crippen LogP contribution in [0.15, 0.2) is 35.8 Å². The maximum Gasteiger partial charge on any atom is 0.0845 e. The van der Waals surface area contributed by atoms with Gasteiger partial charge in [-0.15, -0.1) is 11.3 Å². The van der Waals surface area contributed by atoms with Gasteiger partial charge in [0.05, 0.1) is 11.7 Å². The van der Waals surface area contributed by atoms with Crippen LogP contribution in [0.3, 0.4) is 0 Å². The highest BCUT2D eigenvalue weighted by Crippen LogP contribution is 2.25. The number of pyridine rings is 1. The molecule has 0 aliphatic carbocycles. The molecule has 0 saturated carbocycles. The van der Waals surface area contributed by atoms with Crippen molar-refractivity contribution < 1.29 is 0 Å². The molecule has 3 heteroatoms. The molecule has 1 atom stereocenters. The molecule has 2 rings (SSSR count). The molecule has 15 heavy (non-hydrogen) atoms. The largest absolute Gasteiger partial charge is 0.307 e. The van der Waals surface area contributed by atoms with E-state index in [1.807, 2.05) is 19.3 Å². The van der Waals surface area contributed by atoms with E-state index < -0.39 is 0 Å². The van der Waals surface area contributed by atoms with Gasteiger partial charge in [0, 0.05) is 11.1 Å². The lowest BCUT2D eigenvalue weighted by atomic mass is 10.1. The Morgan fingerprint density at radius 2 is 2.20 bits per heavy atom. The zero-order chi connectivity index (χ0) is 10.7. The number of nitrogens with one attached hydrogen (secondary N) is 1. The highest BCUT2D eigenvalue weighted by molar-refractivity contribution is 7.10. The first-order valence-electron chi connectivity index (χ1n) is 4.95. The Hall–Kier alpha value is -1.19. The van der Waals surface area contributed by atoms with Gasteiger partial charge in [0.25, 0.3) is 0 Å². The molecule has 2 nitrogen and oxygen atoms in total. The second-order valence-corrected chi connectivity index (χ2v) is 4.42. The molecule has 0 aliphatic heterocycles. The molecule has 1 N–H and O–H groups in total. The lowest BCUT2D eigenvalue weighted by molar-refractivity contribution is 0.677. The fourth-order valence-corrected chi connectivity index (χ4v) is 2.51. The van der Waals surface area contributed by atoms with Crippen molar-refractivity contribution >= 4 is 11.3 Å². The van der Waals surface area contributed by atoms with Crippen molar-refractivity contribution in [2.75, 3.05) is 7.05 Å². The minimum absolute atomic E-state index is 0.214. The molecule has 2 aromatic heterocycles. The lowest BCUT2D eigenvalue weighted by Gasteiger charge is -2.15. The number of aromatic nitrogens is 1. The van der Waals surface area contributed by atoms with Gasteiger partial charge in [0.2, 0.25) is 0 Å². The van der Waals surface area contributed by atoms with Gasteiger partial charge in [-0.05, 0) is 37.0 Å². The van der Waals surface area contributed by atoms with E-state index in [9.17, 15) is 0 Å². The minimum Gasteiger partial charge on any atom is -0.307 e. The van der Waals surface area contributed by atoms with Crippen LogP contribution < -0.4 is 5.32 Å².